The Morgan fingerprint density at radius 3 is 2.48 bits per heavy atom. The number of hydrogen-bond donors (Lipinski definition) is 1. The number of nitrogens with zero attached hydrogens (tertiary/aromatic N) is 3. The van der Waals surface area contributed by atoms with Crippen molar-refractivity contribution in [2.45, 2.75) is 20.1 Å². The van der Waals surface area contributed by atoms with E-state index in [1.807, 2.05) is 55.5 Å². The molecule has 31 heavy (non-hydrogen) atoms. The fourth-order valence-electron chi connectivity index (χ4n) is 2.91. The molecule has 2 aromatic carbocycles. The molecule has 0 amide bonds. The van der Waals surface area contributed by atoms with Gasteiger partial charge in [0.25, 0.3) is 0 Å². The van der Waals surface area contributed by atoms with E-state index < -0.39 is 0 Å². The molecule has 8 heteroatoms. The Morgan fingerprint density at radius 1 is 1.13 bits per heavy atom. The zero-order valence-corrected chi connectivity index (χ0v) is 20.2. The van der Waals surface area contributed by atoms with Crippen LogP contribution >= 0.6 is 31.9 Å². The van der Waals surface area contributed by atoms with Crippen LogP contribution in [-0.2, 0) is 18.0 Å². The van der Waals surface area contributed by atoms with Gasteiger partial charge in [-0.3, -0.25) is 5.43 Å². The highest BCUT2D eigenvalue weighted by Gasteiger charge is 2.12. The zero-order valence-electron chi connectivity index (χ0n) is 17.0. The van der Waals surface area contributed by atoms with Gasteiger partial charge in [0.15, 0.2) is 5.82 Å². The third kappa shape index (κ3) is 6.14. The normalized spacial score (nSPS) is 10.8. The first kappa shape index (κ1) is 22.9. The maximum atomic E-state index is 9.51. The molecule has 0 spiro atoms. The largest absolute Gasteiger partial charge is 0.487 e. The molecule has 158 valence electrons. The average molecular weight is 544 g/mol. The number of methoxy groups -OCH3 is 1. The van der Waals surface area contributed by atoms with E-state index in [9.17, 15) is 5.26 Å². The topological polar surface area (TPSA) is 79.5 Å². The van der Waals surface area contributed by atoms with Gasteiger partial charge in [-0.15, -0.1) is 0 Å². The van der Waals surface area contributed by atoms with Crippen molar-refractivity contribution in [3.63, 3.8) is 0 Å². The quantitative estimate of drug-likeness (QED) is 0.280. The van der Waals surface area contributed by atoms with E-state index in [1.54, 1.807) is 13.3 Å². The summed E-state index contributed by atoms with van der Waals surface area (Å²) in [5.41, 5.74) is 6.74. The lowest BCUT2D eigenvalue weighted by Crippen LogP contribution is -2.03. The first-order chi connectivity index (χ1) is 15.0. The average Bonchev–Trinajstić information content (AvgIpc) is 2.74. The second-order valence-corrected chi connectivity index (χ2v) is 8.36. The fraction of sp³-hybridized carbons (Fsp3) is 0.174. The number of ether oxygens (including phenoxy) is 2. The summed E-state index contributed by atoms with van der Waals surface area (Å²) in [6.45, 7) is 2.65. The Balaban J connectivity index is 1.74. The van der Waals surface area contributed by atoms with Gasteiger partial charge < -0.3 is 9.47 Å². The molecule has 0 atom stereocenters. The van der Waals surface area contributed by atoms with Crippen LogP contribution in [0.4, 0.5) is 5.82 Å². The number of hydrazone groups is 1. The van der Waals surface area contributed by atoms with Gasteiger partial charge in [0, 0.05) is 18.4 Å². The van der Waals surface area contributed by atoms with Gasteiger partial charge in [-0.05, 0) is 68.1 Å². The summed E-state index contributed by atoms with van der Waals surface area (Å²) < 4.78 is 12.7. The lowest BCUT2D eigenvalue weighted by molar-refractivity contribution is 0.184. The van der Waals surface area contributed by atoms with E-state index in [2.05, 4.69) is 53.4 Å². The summed E-state index contributed by atoms with van der Waals surface area (Å²) >= 11 is 7.12. The van der Waals surface area contributed by atoms with Crippen LogP contribution in [0.15, 0.2) is 62.6 Å². The number of nitrogens with one attached hydrogen (secondary N) is 1. The minimum atomic E-state index is 0.328. The van der Waals surface area contributed by atoms with Crippen LogP contribution in [0.2, 0.25) is 0 Å². The first-order valence-corrected chi connectivity index (χ1v) is 10.9. The third-order valence-electron chi connectivity index (χ3n) is 4.27. The molecule has 0 fully saturated rings. The van der Waals surface area contributed by atoms with Gasteiger partial charge in [-0.2, -0.15) is 10.4 Å². The van der Waals surface area contributed by atoms with E-state index in [4.69, 9.17) is 9.47 Å². The molecule has 6 nitrogen and oxygen atoms in total. The van der Waals surface area contributed by atoms with Gasteiger partial charge in [0.2, 0.25) is 0 Å². The van der Waals surface area contributed by atoms with Crippen molar-refractivity contribution in [1.82, 2.24) is 4.98 Å². The molecular weight excluding hydrogens is 524 g/mol. The summed E-state index contributed by atoms with van der Waals surface area (Å²) in [5.74, 6) is 1.11. The van der Waals surface area contributed by atoms with Crippen molar-refractivity contribution in [1.29, 1.82) is 5.26 Å². The number of hydrogen-bond acceptors (Lipinski definition) is 6. The van der Waals surface area contributed by atoms with E-state index in [0.29, 0.717) is 30.3 Å². The standard InChI is InChI=1S/C23H20Br2N4O2/c1-15-8-18(14-30-2)19(11-26)23(28-15)29-27-12-17-9-20(24)22(21(25)10-17)31-13-16-6-4-3-5-7-16/h3-10,12H,13-14H2,1-2H3,(H,28,29)/b27-12-. The number of halogens is 2. The van der Waals surface area contributed by atoms with Crippen molar-refractivity contribution < 1.29 is 9.47 Å². The van der Waals surface area contributed by atoms with Crippen LogP contribution < -0.4 is 10.2 Å². The van der Waals surface area contributed by atoms with Crippen LogP contribution in [0.3, 0.4) is 0 Å². The SMILES string of the molecule is COCc1cc(C)nc(N/N=C\c2cc(Br)c(OCc3ccccc3)c(Br)c2)c1C#N. The Hall–Kier alpha value is -2.73. The van der Waals surface area contributed by atoms with Crippen LogP contribution in [0.1, 0.15) is 27.9 Å². The molecule has 0 aliphatic rings. The van der Waals surface area contributed by atoms with E-state index >= 15 is 0 Å². The number of aromatic nitrogens is 1. The molecule has 0 bridgehead atoms. The zero-order chi connectivity index (χ0) is 22.2. The predicted molar refractivity (Wildman–Crippen MR) is 128 cm³/mol. The number of anilines is 1. The highest BCUT2D eigenvalue weighted by Crippen LogP contribution is 2.35. The Labute approximate surface area is 198 Å². The molecule has 0 aliphatic heterocycles. The van der Waals surface area contributed by atoms with E-state index in [0.717, 1.165) is 31.3 Å². The lowest BCUT2D eigenvalue weighted by Gasteiger charge is -2.11. The highest BCUT2D eigenvalue weighted by atomic mass is 79.9. The van der Waals surface area contributed by atoms with E-state index in [1.165, 1.54) is 0 Å². The molecule has 1 heterocycles. The number of benzene rings is 2. The van der Waals surface area contributed by atoms with Crippen molar-refractivity contribution in [3.8, 4) is 11.8 Å². The summed E-state index contributed by atoms with van der Waals surface area (Å²) in [7, 11) is 1.59. The summed E-state index contributed by atoms with van der Waals surface area (Å²) in [5, 5.41) is 13.8. The molecule has 3 rings (SSSR count). The van der Waals surface area contributed by atoms with Crippen molar-refractivity contribution in [2.24, 2.45) is 5.10 Å². The second-order valence-electron chi connectivity index (χ2n) is 6.65. The second kappa shape index (κ2) is 11.0. The molecule has 0 saturated heterocycles. The lowest BCUT2D eigenvalue weighted by atomic mass is 10.1. The van der Waals surface area contributed by atoms with Gasteiger partial charge in [0.05, 0.1) is 21.8 Å². The van der Waals surface area contributed by atoms with Crippen molar-refractivity contribution >= 4 is 43.9 Å². The summed E-state index contributed by atoms with van der Waals surface area (Å²) in [4.78, 5) is 4.38. The highest BCUT2D eigenvalue weighted by molar-refractivity contribution is 9.11. The summed E-state index contributed by atoms with van der Waals surface area (Å²) in [6.07, 6.45) is 1.65. The number of nitriles is 1. The van der Waals surface area contributed by atoms with Crippen molar-refractivity contribution in [2.75, 3.05) is 12.5 Å². The fourth-order valence-corrected chi connectivity index (χ4v) is 4.36. The van der Waals surface area contributed by atoms with E-state index in [-0.39, 0.29) is 0 Å². The molecular formula is C23H20Br2N4O2. The molecule has 1 N–H and O–H groups in total. The van der Waals surface area contributed by atoms with Gasteiger partial charge >= 0.3 is 0 Å². The van der Waals surface area contributed by atoms with Crippen LogP contribution in [0.5, 0.6) is 5.75 Å². The first-order valence-electron chi connectivity index (χ1n) is 9.36. The predicted octanol–water partition coefficient (Wildman–Crippen LogP) is 5.96. The molecule has 3 aromatic rings. The Morgan fingerprint density at radius 2 is 1.84 bits per heavy atom. The van der Waals surface area contributed by atoms with Crippen molar-refractivity contribution in [3.05, 3.63) is 85.4 Å². The third-order valence-corrected chi connectivity index (χ3v) is 5.45. The molecule has 0 unspecified atom stereocenters. The van der Waals surface area contributed by atoms with Gasteiger partial charge in [-0.25, -0.2) is 4.98 Å². The maximum absolute atomic E-state index is 9.51. The molecule has 0 radical (unpaired) electrons. The number of aryl methyl sites for hydroxylation is 1. The Kier molecular flexibility index (Phi) is 8.18. The number of rotatable bonds is 8. The molecule has 0 aliphatic carbocycles. The minimum Gasteiger partial charge on any atom is -0.487 e. The van der Waals surface area contributed by atoms with Crippen LogP contribution in [-0.4, -0.2) is 18.3 Å². The molecule has 0 saturated carbocycles. The molecule has 1 aromatic heterocycles. The number of pyridine rings is 1. The van der Waals surface area contributed by atoms with Gasteiger partial charge in [-0.1, -0.05) is 30.3 Å². The minimum absolute atomic E-state index is 0.328. The van der Waals surface area contributed by atoms with Crippen LogP contribution in [0, 0.1) is 18.3 Å². The van der Waals surface area contributed by atoms with Crippen LogP contribution in [0.25, 0.3) is 0 Å². The van der Waals surface area contributed by atoms with Gasteiger partial charge in [0.1, 0.15) is 24.0 Å². The maximum Gasteiger partial charge on any atom is 0.164 e. The Bertz CT molecular complexity index is 1110. The smallest absolute Gasteiger partial charge is 0.164 e. The monoisotopic (exact) mass is 542 g/mol. The summed E-state index contributed by atoms with van der Waals surface area (Å²) in [6, 6.07) is 17.8.